The van der Waals surface area contributed by atoms with Gasteiger partial charge in [-0.15, -0.1) is 0 Å². The Labute approximate surface area is 111 Å². The van der Waals surface area contributed by atoms with E-state index in [-0.39, 0.29) is 6.10 Å². The van der Waals surface area contributed by atoms with E-state index in [1.165, 1.54) is 0 Å². The number of hydrogen-bond donors (Lipinski definition) is 1. The van der Waals surface area contributed by atoms with Crippen LogP contribution in [-0.4, -0.2) is 25.0 Å². The molecule has 0 aromatic heterocycles. The Balaban J connectivity index is 1.99. The van der Waals surface area contributed by atoms with Crippen molar-refractivity contribution in [1.29, 1.82) is 5.26 Å². The zero-order valence-corrected chi connectivity index (χ0v) is 11.1. The molecule has 1 aliphatic heterocycles. The molecule has 1 aliphatic rings. The van der Waals surface area contributed by atoms with Gasteiger partial charge in [-0.2, -0.15) is 5.26 Å². The molecule has 18 heavy (non-hydrogen) atoms. The minimum atomic E-state index is -0.529. The molecule has 96 valence electrons. The molecule has 0 aliphatic carbocycles. The number of anilines is 1. The lowest BCUT2D eigenvalue weighted by Crippen LogP contribution is -2.26. The Bertz CT molecular complexity index is 482. The van der Waals surface area contributed by atoms with E-state index in [2.05, 4.69) is 11.4 Å². The Hall–Kier alpha value is -1.28. The number of ether oxygens (including phenoxy) is 2. The molecule has 0 radical (unpaired) electrons. The molecule has 1 heterocycles. The largest absolute Gasteiger partial charge is 0.381 e. The zero-order valence-electron chi connectivity index (χ0n) is 10.4. The molecule has 5 heteroatoms. The van der Waals surface area contributed by atoms with E-state index in [1.54, 1.807) is 18.2 Å². The van der Waals surface area contributed by atoms with E-state index in [9.17, 15) is 0 Å². The molecule has 4 nitrogen and oxygen atoms in total. The van der Waals surface area contributed by atoms with Crippen molar-refractivity contribution >= 4 is 17.3 Å². The lowest BCUT2D eigenvalue weighted by Gasteiger charge is -2.17. The van der Waals surface area contributed by atoms with Crippen LogP contribution in [0, 0.1) is 11.3 Å². The SMILES string of the molecule is CC1(C)OCC(CNc2cc(Cl)ccc2C#N)O1. The maximum atomic E-state index is 9.00. The topological polar surface area (TPSA) is 54.3 Å². The summed E-state index contributed by atoms with van der Waals surface area (Å²) in [6, 6.07) is 7.25. The lowest BCUT2D eigenvalue weighted by atomic mass is 10.2. The highest BCUT2D eigenvalue weighted by atomic mass is 35.5. The van der Waals surface area contributed by atoms with Crippen molar-refractivity contribution in [2.75, 3.05) is 18.5 Å². The van der Waals surface area contributed by atoms with Crippen molar-refractivity contribution in [1.82, 2.24) is 0 Å². The molecule has 0 bridgehead atoms. The van der Waals surface area contributed by atoms with Gasteiger partial charge in [0.2, 0.25) is 0 Å². The monoisotopic (exact) mass is 266 g/mol. The van der Waals surface area contributed by atoms with Crippen LogP contribution < -0.4 is 5.32 Å². The quantitative estimate of drug-likeness (QED) is 0.914. The minimum absolute atomic E-state index is 0.0227. The maximum Gasteiger partial charge on any atom is 0.163 e. The van der Waals surface area contributed by atoms with Crippen LogP contribution in [0.4, 0.5) is 5.69 Å². The van der Waals surface area contributed by atoms with E-state index in [0.29, 0.717) is 23.7 Å². The average molecular weight is 267 g/mol. The Kier molecular flexibility index (Phi) is 3.76. The molecule has 2 rings (SSSR count). The summed E-state index contributed by atoms with van der Waals surface area (Å²) in [5.74, 6) is -0.529. The number of benzene rings is 1. The Morgan fingerprint density at radius 1 is 1.56 bits per heavy atom. The van der Waals surface area contributed by atoms with Gasteiger partial charge in [0.1, 0.15) is 12.2 Å². The van der Waals surface area contributed by atoms with Gasteiger partial charge < -0.3 is 14.8 Å². The fourth-order valence-corrected chi connectivity index (χ4v) is 2.02. The number of nitriles is 1. The maximum absolute atomic E-state index is 9.00. The summed E-state index contributed by atoms with van der Waals surface area (Å²) in [7, 11) is 0. The third-order valence-electron chi connectivity index (χ3n) is 2.69. The summed E-state index contributed by atoms with van der Waals surface area (Å²) in [4.78, 5) is 0. The summed E-state index contributed by atoms with van der Waals surface area (Å²) in [5, 5.41) is 12.8. The number of nitrogens with one attached hydrogen (secondary N) is 1. The van der Waals surface area contributed by atoms with Crippen LogP contribution in [0.15, 0.2) is 18.2 Å². The van der Waals surface area contributed by atoms with Crippen molar-refractivity contribution < 1.29 is 9.47 Å². The second-order valence-electron chi connectivity index (χ2n) is 4.63. The van der Waals surface area contributed by atoms with Gasteiger partial charge in [0.15, 0.2) is 5.79 Å². The normalized spacial score (nSPS) is 21.6. The van der Waals surface area contributed by atoms with Crippen molar-refractivity contribution in [3.05, 3.63) is 28.8 Å². The highest BCUT2D eigenvalue weighted by Gasteiger charge is 2.32. The fourth-order valence-electron chi connectivity index (χ4n) is 1.85. The van der Waals surface area contributed by atoms with Gasteiger partial charge in [-0.1, -0.05) is 11.6 Å². The van der Waals surface area contributed by atoms with E-state index < -0.39 is 5.79 Å². The minimum Gasteiger partial charge on any atom is -0.381 e. The molecule has 1 aromatic rings. The molecule has 0 saturated carbocycles. The molecule has 0 spiro atoms. The molecule has 1 aromatic carbocycles. The average Bonchev–Trinajstić information content (AvgIpc) is 2.66. The van der Waals surface area contributed by atoms with Crippen LogP contribution in [0.1, 0.15) is 19.4 Å². The molecule has 1 atom stereocenters. The van der Waals surface area contributed by atoms with Crippen LogP contribution in [0.3, 0.4) is 0 Å². The van der Waals surface area contributed by atoms with Crippen LogP contribution >= 0.6 is 11.6 Å². The molecule has 1 fully saturated rings. The highest BCUT2D eigenvalue weighted by Crippen LogP contribution is 2.24. The van der Waals surface area contributed by atoms with Crippen LogP contribution in [0.5, 0.6) is 0 Å². The molecular formula is C13H15ClN2O2. The predicted octanol–water partition coefficient (Wildman–Crippen LogP) is 2.78. The summed E-state index contributed by atoms with van der Waals surface area (Å²) >= 11 is 5.91. The smallest absolute Gasteiger partial charge is 0.163 e. The first-order valence-corrected chi connectivity index (χ1v) is 6.13. The first-order chi connectivity index (χ1) is 8.50. The second-order valence-corrected chi connectivity index (χ2v) is 5.07. The van der Waals surface area contributed by atoms with Gasteiger partial charge >= 0.3 is 0 Å². The summed E-state index contributed by atoms with van der Waals surface area (Å²) in [6.07, 6.45) is -0.0227. The van der Waals surface area contributed by atoms with Crippen LogP contribution in [0.2, 0.25) is 5.02 Å². The van der Waals surface area contributed by atoms with Crippen molar-refractivity contribution in [2.24, 2.45) is 0 Å². The molecular weight excluding hydrogens is 252 g/mol. The third-order valence-corrected chi connectivity index (χ3v) is 2.92. The zero-order chi connectivity index (χ0) is 13.2. The standard InChI is InChI=1S/C13H15ClN2O2/c1-13(2)17-8-11(18-13)7-16-12-5-10(14)4-3-9(12)6-15/h3-5,11,16H,7-8H2,1-2H3. The third kappa shape index (κ3) is 3.14. The summed E-state index contributed by atoms with van der Waals surface area (Å²) in [5.41, 5.74) is 1.29. The van der Waals surface area contributed by atoms with E-state index in [1.807, 2.05) is 13.8 Å². The molecule has 1 unspecified atom stereocenters. The van der Waals surface area contributed by atoms with Crippen LogP contribution in [-0.2, 0) is 9.47 Å². The summed E-state index contributed by atoms with van der Waals surface area (Å²) < 4.78 is 11.1. The first-order valence-electron chi connectivity index (χ1n) is 5.75. The van der Waals surface area contributed by atoms with Crippen molar-refractivity contribution in [2.45, 2.75) is 25.7 Å². The summed E-state index contributed by atoms with van der Waals surface area (Å²) in [6.45, 7) is 4.89. The Morgan fingerprint density at radius 3 is 2.94 bits per heavy atom. The molecule has 1 saturated heterocycles. The van der Waals surface area contributed by atoms with Crippen molar-refractivity contribution in [3.63, 3.8) is 0 Å². The second kappa shape index (κ2) is 5.15. The van der Waals surface area contributed by atoms with Gasteiger partial charge in [-0.25, -0.2) is 0 Å². The van der Waals surface area contributed by atoms with Gasteiger partial charge in [0, 0.05) is 11.6 Å². The number of rotatable bonds is 3. The predicted molar refractivity (Wildman–Crippen MR) is 69.6 cm³/mol. The van der Waals surface area contributed by atoms with Gasteiger partial charge in [-0.3, -0.25) is 0 Å². The Morgan fingerprint density at radius 2 is 2.33 bits per heavy atom. The van der Waals surface area contributed by atoms with E-state index in [0.717, 1.165) is 5.69 Å². The van der Waals surface area contributed by atoms with Gasteiger partial charge in [-0.05, 0) is 32.0 Å². The van der Waals surface area contributed by atoms with Crippen molar-refractivity contribution in [3.8, 4) is 6.07 Å². The lowest BCUT2D eigenvalue weighted by molar-refractivity contribution is -0.136. The fraction of sp³-hybridized carbons (Fsp3) is 0.462. The van der Waals surface area contributed by atoms with Crippen LogP contribution in [0.25, 0.3) is 0 Å². The van der Waals surface area contributed by atoms with Gasteiger partial charge in [0.05, 0.1) is 17.9 Å². The first kappa shape index (κ1) is 13.2. The van der Waals surface area contributed by atoms with E-state index in [4.69, 9.17) is 26.3 Å². The van der Waals surface area contributed by atoms with E-state index >= 15 is 0 Å². The number of hydrogen-bond acceptors (Lipinski definition) is 4. The number of halogens is 1. The molecule has 1 N–H and O–H groups in total. The highest BCUT2D eigenvalue weighted by molar-refractivity contribution is 6.30. The molecule has 0 amide bonds. The number of nitrogens with zero attached hydrogens (tertiary/aromatic N) is 1. The van der Waals surface area contributed by atoms with Gasteiger partial charge in [0.25, 0.3) is 0 Å².